The highest BCUT2D eigenvalue weighted by Gasteiger charge is 2.28. The molecule has 0 spiro atoms. The van der Waals surface area contributed by atoms with Crippen LogP contribution in [-0.2, 0) is 6.54 Å². The first-order valence-electron chi connectivity index (χ1n) is 6.27. The summed E-state index contributed by atoms with van der Waals surface area (Å²) in [6.07, 6.45) is 1.93. The Labute approximate surface area is 117 Å². The van der Waals surface area contributed by atoms with Crippen LogP contribution < -0.4 is 4.74 Å². The Morgan fingerprint density at radius 2 is 2.28 bits per heavy atom. The third kappa shape index (κ3) is 3.46. The van der Waals surface area contributed by atoms with Crippen LogP contribution in [0.25, 0.3) is 0 Å². The number of hydrogen-bond donors (Lipinski definition) is 1. The van der Waals surface area contributed by atoms with Crippen molar-refractivity contribution >= 4 is 15.9 Å². The van der Waals surface area contributed by atoms with Crippen molar-refractivity contribution in [3.05, 3.63) is 28.2 Å². The van der Waals surface area contributed by atoms with Crippen molar-refractivity contribution in [1.29, 1.82) is 0 Å². The molecule has 2 rings (SSSR count). The van der Waals surface area contributed by atoms with Gasteiger partial charge in [-0.05, 0) is 44.5 Å². The molecular weight excluding hydrogens is 294 g/mol. The molecule has 1 fully saturated rings. The minimum Gasteiger partial charge on any atom is -0.496 e. The van der Waals surface area contributed by atoms with Crippen LogP contribution in [0.3, 0.4) is 0 Å². The molecule has 0 bridgehead atoms. The first kappa shape index (κ1) is 13.8. The van der Waals surface area contributed by atoms with E-state index in [0.29, 0.717) is 0 Å². The fraction of sp³-hybridized carbons (Fsp3) is 0.571. The van der Waals surface area contributed by atoms with Gasteiger partial charge in [0.05, 0.1) is 12.7 Å². The summed E-state index contributed by atoms with van der Waals surface area (Å²) < 4.78 is 6.44. The summed E-state index contributed by atoms with van der Waals surface area (Å²) >= 11 is 3.49. The minimum absolute atomic E-state index is 0.558. The van der Waals surface area contributed by atoms with Crippen LogP contribution in [0, 0.1) is 0 Å². The quantitative estimate of drug-likeness (QED) is 0.931. The van der Waals surface area contributed by atoms with Crippen LogP contribution in [0.1, 0.15) is 25.3 Å². The Morgan fingerprint density at radius 3 is 2.94 bits per heavy atom. The zero-order valence-electron chi connectivity index (χ0n) is 10.9. The third-order valence-corrected chi connectivity index (χ3v) is 3.88. The zero-order valence-corrected chi connectivity index (χ0v) is 12.5. The van der Waals surface area contributed by atoms with E-state index in [0.717, 1.165) is 48.3 Å². The van der Waals surface area contributed by atoms with Gasteiger partial charge in [0.2, 0.25) is 0 Å². The molecule has 100 valence electrons. The van der Waals surface area contributed by atoms with Crippen molar-refractivity contribution in [2.75, 3.05) is 20.2 Å². The van der Waals surface area contributed by atoms with Gasteiger partial charge in [-0.25, -0.2) is 0 Å². The molecule has 0 amide bonds. The Kier molecular flexibility index (Phi) is 4.30. The van der Waals surface area contributed by atoms with Crippen molar-refractivity contribution < 1.29 is 9.84 Å². The van der Waals surface area contributed by atoms with Crippen molar-refractivity contribution in [2.24, 2.45) is 0 Å². The molecular formula is C14H20BrNO2. The average Bonchev–Trinajstić information content (AvgIpc) is 2.28. The largest absolute Gasteiger partial charge is 0.496 e. The summed E-state index contributed by atoms with van der Waals surface area (Å²) in [6, 6.07) is 6.04. The number of halogens is 1. The molecule has 1 unspecified atom stereocenters. The molecule has 1 aliphatic heterocycles. The van der Waals surface area contributed by atoms with E-state index in [9.17, 15) is 5.11 Å². The lowest BCUT2D eigenvalue weighted by Crippen LogP contribution is -2.45. The van der Waals surface area contributed by atoms with Crippen LogP contribution in [0.2, 0.25) is 0 Å². The fourth-order valence-electron chi connectivity index (χ4n) is 2.57. The number of nitrogens with zero attached hydrogens (tertiary/aromatic N) is 1. The van der Waals surface area contributed by atoms with Gasteiger partial charge >= 0.3 is 0 Å². The van der Waals surface area contributed by atoms with E-state index in [-0.39, 0.29) is 0 Å². The first-order valence-corrected chi connectivity index (χ1v) is 7.07. The Morgan fingerprint density at radius 1 is 1.50 bits per heavy atom. The molecule has 1 aromatic carbocycles. The molecule has 18 heavy (non-hydrogen) atoms. The smallest absolute Gasteiger partial charge is 0.123 e. The van der Waals surface area contributed by atoms with Crippen molar-refractivity contribution in [3.63, 3.8) is 0 Å². The van der Waals surface area contributed by atoms with E-state index >= 15 is 0 Å². The summed E-state index contributed by atoms with van der Waals surface area (Å²) in [5, 5.41) is 10.1. The third-order valence-electron chi connectivity index (χ3n) is 3.39. The van der Waals surface area contributed by atoms with Gasteiger partial charge in [0.1, 0.15) is 5.75 Å². The van der Waals surface area contributed by atoms with Gasteiger partial charge in [0, 0.05) is 23.1 Å². The summed E-state index contributed by atoms with van der Waals surface area (Å²) in [7, 11) is 1.69. The maximum absolute atomic E-state index is 10.1. The van der Waals surface area contributed by atoms with Gasteiger partial charge in [-0.1, -0.05) is 15.9 Å². The van der Waals surface area contributed by atoms with Crippen LogP contribution >= 0.6 is 15.9 Å². The van der Waals surface area contributed by atoms with Crippen molar-refractivity contribution in [3.8, 4) is 5.75 Å². The number of likely N-dealkylation sites (tertiary alicyclic amines) is 1. The van der Waals surface area contributed by atoms with Crippen molar-refractivity contribution in [1.82, 2.24) is 4.90 Å². The second-order valence-corrected chi connectivity index (χ2v) is 6.18. The topological polar surface area (TPSA) is 32.7 Å². The van der Waals surface area contributed by atoms with Gasteiger partial charge in [-0.3, -0.25) is 4.90 Å². The highest BCUT2D eigenvalue weighted by atomic mass is 79.9. The van der Waals surface area contributed by atoms with Gasteiger partial charge in [0.25, 0.3) is 0 Å². The SMILES string of the molecule is COc1ccc(Br)cc1CN1CCCC(C)(O)C1. The Balaban J connectivity index is 2.11. The molecule has 0 saturated carbocycles. The van der Waals surface area contributed by atoms with Crippen LogP contribution in [0.5, 0.6) is 5.75 Å². The Hall–Kier alpha value is -0.580. The minimum atomic E-state index is -0.558. The molecule has 0 aromatic heterocycles. The maximum atomic E-state index is 10.1. The molecule has 1 atom stereocenters. The molecule has 1 N–H and O–H groups in total. The summed E-state index contributed by atoms with van der Waals surface area (Å²) in [4.78, 5) is 2.29. The van der Waals surface area contributed by atoms with E-state index in [1.807, 2.05) is 19.1 Å². The lowest BCUT2D eigenvalue weighted by molar-refractivity contribution is -0.0183. The number of ether oxygens (including phenoxy) is 1. The summed E-state index contributed by atoms with van der Waals surface area (Å²) in [5.41, 5.74) is 0.599. The predicted octanol–water partition coefficient (Wildman–Crippen LogP) is 2.80. The van der Waals surface area contributed by atoms with Crippen LogP contribution in [0.15, 0.2) is 22.7 Å². The highest BCUT2D eigenvalue weighted by molar-refractivity contribution is 9.10. The number of hydrogen-bond acceptors (Lipinski definition) is 3. The number of β-amino-alcohol motifs (C(OH)–C–C–N with tert-alkyl or cyclic N) is 1. The second kappa shape index (κ2) is 5.59. The number of aliphatic hydroxyl groups is 1. The van der Waals surface area contributed by atoms with Gasteiger partial charge in [-0.15, -0.1) is 0 Å². The molecule has 0 radical (unpaired) electrons. The van der Waals surface area contributed by atoms with Gasteiger partial charge < -0.3 is 9.84 Å². The van der Waals surface area contributed by atoms with Gasteiger partial charge in [0.15, 0.2) is 0 Å². The Bertz CT molecular complexity index is 420. The van der Waals surface area contributed by atoms with E-state index < -0.39 is 5.60 Å². The second-order valence-electron chi connectivity index (χ2n) is 5.27. The van der Waals surface area contributed by atoms with Crippen LogP contribution in [-0.4, -0.2) is 35.8 Å². The molecule has 1 saturated heterocycles. The highest BCUT2D eigenvalue weighted by Crippen LogP contribution is 2.27. The predicted molar refractivity (Wildman–Crippen MR) is 75.8 cm³/mol. The van der Waals surface area contributed by atoms with E-state index in [2.05, 4.69) is 26.9 Å². The first-order chi connectivity index (χ1) is 8.50. The monoisotopic (exact) mass is 313 g/mol. The molecule has 4 heteroatoms. The normalized spacial score (nSPS) is 25.1. The summed E-state index contributed by atoms with van der Waals surface area (Å²) in [5.74, 6) is 0.906. The molecule has 1 aromatic rings. The number of rotatable bonds is 3. The molecule has 0 aliphatic carbocycles. The lowest BCUT2D eigenvalue weighted by Gasteiger charge is -2.37. The average molecular weight is 314 g/mol. The van der Waals surface area contributed by atoms with Crippen molar-refractivity contribution in [2.45, 2.75) is 31.9 Å². The van der Waals surface area contributed by atoms with E-state index in [1.165, 1.54) is 0 Å². The van der Waals surface area contributed by atoms with Gasteiger partial charge in [-0.2, -0.15) is 0 Å². The number of benzene rings is 1. The maximum Gasteiger partial charge on any atom is 0.123 e. The molecule has 1 heterocycles. The number of methoxy groups -OCH3 is 1. The number of piperidine rings is 1. The fourth-order valence-corrected chi connectivity index (χ4v) is 2.98. The van der Waals surface area contributed by atoms with E-state index in [1.54, 1.807) is 7.11 Å². The summed E-state index contributed by atoms with van der Waals surface area (Å²) in [6.45, 7) is 4.49. The molecule has 3 nitrogen and oxygen atoms in total. The standard InChI is InChI=1S/C14H20BrNO2/c1-14(17)6-3-7-16(10-14)9-11-8-12(15)4-5-13(11)18-2/h4-5,8,17H,3,6-7,9-10H2,1-2H3. The molecule has 1 aliphatic rings. The van der Waals surface area contributed by atoms with E-state index in [4.69, 9.17) is 4.74 Å². The van der Waals surface area contributed by atoms with Crippen LogP contribution in [0.4, 0.5) is 0 Å². The zero-order chi connectivity index (χ0) is 13.2. The lowest BCUT2D eigenvalue weighted by atomic mass is 9.95.